The predicted octanol–water partition coefficient (Wildman–Crippen LogP) is 1.34. The van der Waals surface area contributed by atoms with Crippen molar-refractivity contribution in [3.63, 3.8) is 0 Å². The minimum atomic E-state index is 0.439. The van der Waals surface area contributed by atoms with Gasteiger partial charge in [0.2, 0.25) is 0 Å². The van der Waals surface area contributed by atoms with Crippen LogP contribution in [0.15, 0.2) is 0 Å². The van der Waals surface area contributed by atoms with E-state index >= 15 is 0 Å². The molecule has 3 nitrogen and oxygen atoms in total. The van der Waals surface area contributed by atoms with Gasteiger partial charge in [0.05, 0.1) is 0 Å². The normalized spacial score (nSPS) is 19.6. The Morgan fingerprint density at radius 3 is 2.60 bits per heavy atom. The maximum atomic E-state index is 5.16. The molecule has 1 heterocycles. The summed E-state index contributed by atoms with van der Waals surface area (Å²) in [5.74, 6) is 0. The average molecular weight is 229 g/mol. The summed E-state index contributed by atoms with van der Waals surface area (Å²) < 4.78 is 0. The minimum absolute atomic E-state index is 0.439. The number of piperidine rings is 1. The maximum Gasteiger partial charge on any atom is 0.166 e. The van der Waals surface area contributed by atoms with E-state index in [-0.39, 0.29) is 0 Å². The van der Waals surface area contributed by atoms with Crippen LogP contribution in [0.1, 0.15) is 33.1 Å². The second-order valence-corrected chi connectivity index (χ2v) is 4.67. The molecule has 1 aliphatic rings. The number of nitrogens with zero attached hydrogens (tertiary/aromatic N) is 1. The fourth-order valence-corrected chi connectivity index (χ4v) is 2.36. The third-order valence-corrected chi connectivity index (χ3v) is 2.96. The molecule has 2 N–H and O–H groups in total. The fraction of sp³-hybridized carbons (Fsp3) is 0.909. The van der Waals surface area contributed by atoms with E-state index in [0.29, 0.717) is 6.04 Å². The highest BCUT2D eigenvalue weighted by Crippen LogP contribution is 2.08. The van der Waals surface area contributed by atoms with Gasteiger partial charge in [0, 0.05) is 19.1 Å². The van der Waals surface area contributed by atoms with Gasteiger partial charge in [-0.2, -0.15) is 0 Å². The molecule has 1 unspecified atom stereocenters. The van der Waals surface area contributed by atoms with Crippen molar-refractivity contribution in [3.8, 4) is 0 Å². The molecule has 0 aromatic carbocycles. The predicted molar refractivity (Wildman–Crippen MR) is 69.2 cm³/mol. The summed E-state index contributed by atoms with van der Waals surface area (Å²) in [5, 5.41) is 7.20. The lowest BCUT2D eigenvalue weighted by Crippen LogP contribution is -2.46. The molecular weight excluding hydrogens is 206 g/mol. The molecule has 1 fully saturated rings. The highest BCUT2D eigenvalue weighted by Gasteiger charge is 2.13. The largest absolute Gasteiger partial charge is 0.363 e. The number of rotatable bonds is 4. The van der Waals surface area contributed by atoms with Crippen LogP contribution in [0.4, 0.5) is 0 Å². The highest BCUT2D eigenvalue weighted by molar-refractivity contribution is 7.80. The Kier molecular flexibility index (Phi) is 5.95. The van der Waals surface area contributed by atoms with Crippen molar-refractivity contribution >= 4 is 17.3 Å². The lowest BCUT2D eigenvalue weighted by Gasteiger charge is -2.29. The van der Waals surface area contributed by atoms with Crippen LogP contribution in [0.5, 0.6) is 0 Å². The molecule has 88 valence electrons. The lowest BCUT2D eigenvalue weighted by atomic mass is 10.1. The molecule has 1 saturated heterocycles. The van der Waals surface area contributed by atoms with E-state index in [0.717, 1.165) is 18.2 Å². The summed E-state index contributed by atoms with van der Waals surface area (Å²) in [5.41, 5.74) is 0. The van der Waals surface area contributed by atoms with E-state index in [4.69, 9.17) is 12.2 Å². The van der Waals surface area contributed by atoms with E-state index < -0.39 is 0 Å². The van der Waals surface area contributed by atoms with Crippen LogP contribution in [0.3, 0.4) is 0 Å². The van der Waals surface area contributed by atoms with Gasteiger partial charge < -0.3 is 15.5 Å². The van der Waals surface area contributed by atoms with Crippen LogP contribution in [0.2, 0.25) is 0 Å². The smallest absolute Gasteiger partial charge is 0.166 e. The molecule has 0 radical (unpaired) electrons. The Morgan fingerprint density at radius 2 is 2.00 bits per heavy atom. The summed E-state index contributed by atoms with van der Waals surface area (Å²) in [4.78, 5) is 2.52. The molecule has 1 atom stereocenters. The van der Waals surface area contributed by atoms with Gasteiger partial charge in [-0.1, -0.05) is 6.42 Å². The van der Waals surface area contributed by atoms with Crippen molar-refractivity contribution in [1.82, 2.24) is 15.5 Å². The first-order valence-corrected chi connectivity index (χ1v) is 6.40. The summed E-state index contributed by atoms with van der Waals surface area (Å²) >= 11 is 5.16. The van der Waals surface area contributed by atoms with E-state index in [9.17, 15) is 0 Å². The van der Waals surface area contributed by atoms with E-state index in [2.05, 4.69) is 29.4 Å². The summed E-state index contributed by atoms with van der Waals surface area (Å²) in [7, 11) is 0. The molecule has 15 heavy (non-hydrogen) atoms. The maximum absolute atomic E-state index is 5.16. The SMILES string of the molecule is CCNC(=S)NC(C)CN1CCCCC1. The number of thiocarbonyl (C=S) groups is 1. The Labute approximate surface area is 98.6 Å². The van der Waals surface area contributed by atoms with Crippen LogP contribution >= 0.6 is 12.2 Å². The standard InChI is InChI=1S/C11H23N3S/c1-3-12-11(15)13-10(2)9-14-7-5-4-6-8-14/h10H,3-9H2,1-2H3,(H2,12,13,15). The molecule has 0 saturated carbocycles. The summed E-state index contributed by atoms with van der Waals surface area (Å²) in [6.07, 6.45) is 4.10. The first-order chi connectivity index (χ1) is 7.22. The van der Waals surface area contributed by atoms with Gasteiger partial charge in [0.1, 0.15) is 0 Å². The minimum Gasteiger partial charge on any atom is -0.363 e. The van der Waals surface area contributed by atoms with Crippen LogP contribution in [-0.4, -0.2) is 42.2 Å². The Bertz CT molecular complexity index is 190. The van der Waals surface area contributed by atoms with E-state index in [1.807, 2.05) is 0 Å². The molecule has 1 rings (SSSR count). The van der Waals surface area contributed by atoms with Crippen molar-refractivity contribution < 1.29 is 0 Å². The quantitative estimate of drug-likeness (QED) is 0.712. The number of hydrogen-bond donors (Lipinski definition) is 2. The lowest BCUT2D eigenvalue weighted by molar-refractivity contribution is 0.215. The third kappa shape index (κ3) is 5.33. The summed E-state index contributed by atoms with van der Waals surface area (Å²) in [6, 6.07) is 0.439. The Hall–Kier alpha value is -0.350. The van der Waals surface area contributed by atoms with Crippen molar-refractivity contribution in [3.05, 3.63) is 0 Å². The van der Waals surface area contributed by atoms with E-state index in [1.165, 1.54) is 32.4 Å². The topological polar surface area (TPSA) is 27.3 Å². The monoisotopic (exact) mass is 229 g/mol. The van der Waals surface area contributed by atoms with Gasteiger partial charge in [-0.15, -0.1) is 0 Å². The molecule has 0 amide bonds. The zero-order chi connectivity index (χ0) is 11.1. The first-order valence-electron chi connectivity index (χ1n) is 5.99. The van der Waals surface area contributed by atoms with Crippen LogP contribution < -0.4 is 10.6 Å². The van der Waals surface area contributed by atoms with Gasteiger partial charge in [0.15, 0.2) is 5.11 Å². The van der Waals surface area contributed by atoms with Gasteiger partial charge >= 0.3 is 0 Å². The third-order valence-electron chi connectivity index (χ3n) is 2.70. The zero-order valence-electron chi connectivity index (χ0n) is 9.88. The average Bonchev–Trinajstić information content (AvgIpc) is 2.19. The zero-order valence-corrected chi connectivity index (χ0v) is 10.7. The van der Waals surface area contributed by atoms with Gasteiger partial charge in [-0.3, -0.25) is 0 Å². The molecule has 0 aliphatic carbocycles. The van der Waals surface area contributed by atoms with Crippen LogP contribution in [0, 0.1) is 0 Å². The first kappa shape index (κ1) is 12.7. The van der Waals surface area contributed by atoms with Gasteiger partial charge in [-0.05, 0) is 52.0 Å². The number of nitrogens with one attached hydrogen (secondary N) is 2. The van der Waals surface area contributed by atoms with E-state index in [1.54, 1.807) is 0 Å². The highest BCUT2D eigenvalue weighted by atomic mass is 32.1. The van der Waals surface area contributed by atoms with Crippen molar-refractivity contribution in [2.45, 2.75) is 39.2 Å². The number of likely N-dealkylation sites (tertiary alicyclic amines) is 1. The summed E-state index contributed by atoms with van der Waals surface area (Å²) in [6.45, 7) is 8.75. The Morgan fingerprint density at radius 1 is 1.33 bits per heavy atom. The van der Waals surface area contributed by atoms with Crippen molar-refractivity contribution in [2.24, 2.45) is 0 Å². The van der Waals surface area contributed by atoms with Gasteiger partial charge in [0.25, 0.3) is 0 Å². The van der Waals surface area contributed by atoms with Crippen molar-refractivity contribution in [1.29, 1.82) is 0 Å². The molecule has 0 aromatic heterocycles. The number of hydrogen-bond acceptors (Lipinski definition) is 2. The second kappa shape index (κ2) is 7.01. The Balaban J connectivity index is 2.16. The molecule has 0 spiro atoms. The molecule has 1 aliphatic heterocycles. The molecular formula is C11H23N3S. The van der Waals surface area contributed by atoms with Crippen LogP contribution in [0.25, 0.3) is 0 Å². The molecule has 0 bridgehead atoms. The molecule has 0 aromatic rings. The van der Waals surface area contributed by atoms with Gasteiger partial charge in [-0.25, -0.2) is 0 Å². The molecule has 4 heteroatoms. The second-order valence-electron chi connectivity index (χ2n) is 4.27. The fourth-order valence-electron chi connectivity index (χ4n) is 2.01. The van der Waals surface area contributed by atoms with Crippen molar-refractivity contribution in [2.75, 3.05) is 26.2 Å². The van der Waals surface area contributed by atoms with Crippen LogP contribution in [-0.2, 0) is 0 Å².